The Labute approximate surface area is 172 Å². The number of anilines is 2. The zero-order valence-electron chi connectivity index (χ0n) is 17.7. The fraction of sp³-hybridized carbons (Fsp3) is 0.176. The molecule has 0 aliphatic heterocycles. The van der Waals surface area contributed by atoms with Gasteiger partial charge in [0.25, 0.3) is 5.91 Å². The molecule has 0 radical (unpaired) electrons. The van der Waals surface area contributed by atoms with Crippen molar-refractivity contribution in [2.45, 2.75) is 0 Å². The number of amides is 1. The van der Waals surface area contributed by atoms with E-state index >= 15 is 4.39 Å². The quantitative estimate of drug-likeness (QED) is 0.489. The molecule has 2 aromatic carbocycles. The second-order valence-electron chi connectivity index (χ2n) is 5.33. The minimum Gasteiger partial charge on any atom is -0.394 e. The maximum absolute atomic E-state index is 15.3. The third kappa shape index (κ3) is 4.06. The number of hydroxylamine groups is 1. The lowest BCUT2D eigenvalue weighted by molar-refractivity contribution is 0.0169. The van der Waals surface area contributed by atoms with Gasteiger partial charge in [-0.15, -0.1) is 0 Å². The number of aliphatic hydroxyl groups is 1. The fourth-order valence-electron chi connectivity index (χ4n) is 2.40. The molecule has 0 bridgehead atoms. The first kappa shape index (κ1) is 14.8. The largest absolute Gasteiger partial charge is 0.394 e. The Kier molecular flexibility index (Phi) is 4.51. The molecule has 10 heteroatoms. The van der Waals surface area contributed by atoms with Crippen molar-refractivity contribution in [2.24, 2.45) is 7.05 Å². The summed E-state index contributed by atoms with van der Waals surface area (Å²) >= 11 is 9.44. The predicted molar refractivity (Wildman–Crippen MR) is 104 cm³/mol. The Morgan fingerprint density at radius 2 is 2.30 bits per heavy atom. The third-order valence-corrected chi connectivity index (χ3v) is 4.44. The van der Waals surface area contributed by atoms with Crippen molar-refractivity contribution in [3.05, 3.63) is 51.5 Å². The lowest BCUT2D eigenvalue weighted by Gasteiger charge is -2.15. The number of nitrogens with one attached hydrogen (secondary N) is 2. The van der Waals surface area contributed by atoms with Gasteiger partial charge in [0.15, 0.2) is 5.82 Å². The number of aromatic nitrogens is 2. The van der Waals surface area contributed by atoms with E-state index in [1.807, 2.05) is 0 Å². The summed E-state index contributed by atoms with van der Waals surface area (Å²) in [6.45, 7) is -6.69. The standard InChI is InChI=1S/C17H15BrClFN4O3/c1-24-8-21-16-13(24)7-10(17(26)23-27-5-4-25)15(14(16)20)22-12-3-2-9(18)6-11(12)19/h2-3,6-8,22,25H,4-5H2,1H3,(H,23,26)/i4D2,5D2. The van der Waals surface area contributed by atoms with Crippen LogP contribution in [0.1, 0.15) is 15.8 Å². The zero-order valence-corrected chi connectivity index (χ0v) is 16.0. The second kappa shape index (κ2) is 8.22. The summed E-state index contributed by atoms with van der Waals surface area (Å²) < 4.78 is 46.2. The van der Waals surface area contributed by atoms with Crippen LogP contribution in [0.4, 0.5) is 15.8 Å². The van der Waals surface area contributed by atoms with Crippen LogP contribution in [0.25, 0.3) is 11.0 Å². The number of imidazole rings is 1. The lowest BCUT2D eigenvalue weighted by Crippen LogP contribution is -2.26. The van der Waals surface area contributed by atoms with Crippen LogP contribution >= 0.6 is 27.5 Å². The first-order chi connectivity index (χ1) is 14.3. The number of nitrogens with zero attached hydrogens (tertiary/aromatic N) is 2. The average Bonchev–Trinajstić information content (AvgIpc) is 3.04. The third-order valence-electron chi connectivity index (χ3n) is 3.64. The van der Waals surface area contributed by atoms with Gasteiger partial charge in [-0.25, -0.2) is 14.9 Å². The molecule has 0 saturated carbocycles. The molecule has 0 aliphatic rings. The number of halogens is 3. The lowest BCUT2D eigenvalue weighted by atomic mass is 10.1. The Morgan fingerprint density at radius 1 is 1.52 bits per heavy atom. The monoisotopic (exact) mass is 460 g/mol. The number of hydrogen-bond donors (Lipinski definition) is 3. The van der Waals surface area contributed by atoms with E-state index in [0.717, 1.165) is 0 Å². The number of aryl methyl sites for hydroxylation is 1. The van der Waals surface area contributed by atoms with Crippen LogP contribution in [0, 0.1) is 5.82 Å². The molecule has 1 aromatic heterocycles. The van der Waals surface area contributed by atoms with Crippen LogP contribution in [0.3, 0.4) is 0 Å². The molecule has 3 rings (SSSR count). The van der Waals surface area contributed by atoms with E-state index in [2.05, 4.69) is 31.1 Å². The van der Waals surface area contributed by atoms with Crippen molar-refractivity contribution in [1.82, 2.24) is 15.0 Å². The van der Waals surface area contributed by atoms with Crippen molar-refractivity contribution >= 4 is 55.8 Å². The van der Waals surface area contributed by atoms with E-state index in [4.69, 9.17) is 17.1 Å². The summed E-state index contributed by atoms with van der Waals surface area (Å²) in [5.41, 5.74) is 1.59. The smallest absolute Gasteiger partial charge is 0.277 e. The number of carbonyl (C=O) groups excluding carboxylic acids is 1. The second-order valence-corrected chi connectivity index (χ2v) is 6.66. The predicted octanol–water partition coefficient (Wildman–Crippen LogP) is 3.53. The summed E-state index contributed by atoms with van der Waals surface area (Å²) in [6.07, 6.45) is 1.35. The fourth-order valence-corrected chi connectivity index (χ4v) is 3.12. The van der Waals surface area contributed by atoms with Crippen LogP contribution in [-0.4, -0.2) is 33.7 Å². The molecule has 3 aromatic rings. The van der Waals surface area contributed by atoms with E-state index in [1.54, 1.807) is 30.7 Å². The van der Waals surface area contributed by atoms with Crippen LogP contribution in [-0.2, 0) is 11.9 Å². The average molecular weight is 462 g/mol. The Balaban J connectivity index is 2.05. The highest BCUT2D eigenvalue weighted by molar-refractivity contribution is 9.10. The summed E-state index contributed by atoms with van der Waals surface area (Å²) in [6, 6.07) is 6.04. The van der Waals surface area contributed by atoms with Crippen molar-refractivity contribution in [3.8, 4) is 0 Å². The van der Waals surface area contributed by atoms with E-state index < -0.39 is 24.8 Å². The number of benzene rings is 2. The normalized spacial score (nSPS) is 14.3. The molecule has 1 heterocycles. The zero-order chi connectivity index (χ0) is 23.1. The van der Waals surface area contributed by atoms with E-state index in [-0.39, 0.29) is 33.0 Å². The highest BCUT2D eigenvalue weighted by Gasteiger charge is 2.22. The van der Waals surface area contributed by atoms with Gasteiger partial charge in [0, 0.05) is 11.5 Å². The van der Waals surface area contributed by atoms with Gasteiger partial charge in [0.05, 0.1) is 52.4 Å². The number of rotatable bonds is 6. The molecule has 27 heavy (non-hydrogen) atoms. The maximum atomic E-state index is 15.3. The molecule has 0 saturated heterocycles. The van der Waals surface area contributed by atoms with Gasteiger partial charge in [-0.1, -0.05) is 27.5 Å². The summed E-state index contributed by atoms with van der Waals surface area (Å²) in [5, 5.41) is 12.2. The van der Waals surface area contributed by atoms with Crippen LogP contribution in [0.5, 0.6) is 0 Å². The Bertz CT molecular complexity index is 1170. The molecule has 0 spiro atoms. The molecule has 142 valence electrons. The molecule has 1 amide bonds. The molecule has 0 unspecified atom stereocenters. The van der Waals surface area contributed by atoms with Crippen molar-refractivity contribution in [3.63, 3.8) is 0 Å². The maximum Gasteiger partial charge on any atom is 0.277 e. The summed E-state index contributed by atoms with van der Waals surface area (Å²) in [4.78, 5) is 21.1. The summed E-state index contributed by atoms with van der Waals surface area (Å²) in [7, 11) is 1.59. The molecule has 0 fully saturated rings. The number of carbonyl (C=O) groups is 1. The minimum atomic E-state index is -3.41. The van der Waals surface area contributed by atoms with Gasteiger partial charge in [0.1, 0.15) is 5.52 Å². The molecular weight excluding hydrogens is 443 g/mol. The molecule has 7 nitrogen and oxygen atoms in total. The SMILES string of the molecule is [2H]C([2H])(O)C([2H])([2H])ONC(=O)c1cc2c(ncn2C)c(F)c1Nc1ccc(Br)cc1Cl. The number of hydrogen-bond acceptors (Lipinski definition) is 5. The number of fused-ring (bicyclic) bond motifs is 1. The molecule has 0 atom stereocenters. The Morgan fingerprint density at radius 3 is 3.00 bits per heavy atom. The van der Waals surface area contributed by atoms with Gasteiger partial charge in [-0.3, -0.25) is 9.63 Å². The van der Waals surface area contributed by atoms with Crippen molar-refractivity contribution in [1.29, 1.82) is 0 Å². The topological polar surface area (TPSA) is 88.4 Å². The van der Waals surface area contributed by atoms with Gasteiger partial charge < -0.3 is 15.0 Å². The van der Waals surface area contributed by atoms with Crippen molar-refractivity contribution < 1.29 is 24.6 Å². The van der Waals surface area contributed by atoms with Crippen LogP contribution in [0.15, 0.2) is 35.1 Å². The van der Waals surface area contributed by atoms with Gasteiger partial charge in [-0.05, 0) is 24.3 Å². The van der Waals surface area contributed by atoms with Gasteiger partial charge >= 0.3 is 0 Å². The molecule has 3 N–H and O–H groups in total. The van der Waals surface area contributed by atoms with Crippen LogP contribution in [0.2, 0.25) is 5.02 Å². The van der Waals surface area contributed by atoms with Gasteiger partial charge in [-0.2, -0.15) is 0 Å². The summed E-state index contributed by atoms with van der Waals surface area (Å²) in [5.74, 6) is -1.98. The highest BCUT2D eigenvalue weighted by atomic mass is 79.9. The van der Waals surface area contributed by atoms with Crippen LogP contribution < -0.4 is 10.8 Å². The first-order valence-corrected chi connectivity index (χ1v) is 8.55. The van der Waals surface area contributed by atoms with Crippen molar-refractivity contribution in [2.75, 3.05) is 18.4 Å². The van der Waals surface area contributed by atoms with Gasteiger partial charge in [0.2, 0.25) is 0 Å². The van der Waals surface area contributed by atoms with E-state index in [0.29, 0.717) is 4.47 Å². The minimum absolute atomic E-state index is 0.0299. The first-order valence-electron chi connectivity index (χ1n) is 9.38. The van der Waals surface area contributed by atoms with E-state index in [1.165, 1.54) is 17.0 Å². The Hall–Kier alpha value is -2.20. The van der Waals surface area contributed by atoms with E-state index in [9.17, 15) is 9.90 Å². The molecular formula is C17H15BrClFN4O3. The highest BCUT2D eigenvalue weighted by Crippen LogP contribution is 2.34. The molecule has 0 aliphatic carbocycles.